The highest BCUT2D eigenvalue weighted by molar-refractivity contribution is 9.10. The maximum absolute atomic E-state index is 14.0. The molecular weight excluding hydrogens is 318 g/mol. The fourth-order valence-corrected chi connectivity index (χ4v) is 2.90. The zero-order valence-electron chi connectivity index (χ0n) is 10.5. The summed E-state index contributed by atoms with van der Waals surface area (Å²) in [6.45, 7) is 2.94. The standard InChI is InChI=1S/C13H17BrF2N2O/c14-9-7-10(15)13(11(16)8-9)12(1-6-19)18-4-2-17-3-5-18/h7-8,12,17,19H,1-6H2/t12-/m1/s1. The van der Waals surface area contributed by atoms with Crippen LogP contribution in [0, 0.1) is 11.6 Å². The number of benzene rings is 1. The molecular formula is C13H17BrF2N2O. The summed E-state index contributed by atoms with van der Waals surface area (Å²) in [7, 11) is 0. The van der Waals surface area contributed by atoms with Crippen LogP contribution in [-0.4, -0.2) is 42.8 Å². The molecule has 106 valence electrons. The molecule has 6 heteroatoms. The van der Waals surface area contributed by atoms with Gasteiger partial charge in [-0.05, 0) is 18.6 Å². The first kappa shape index (κ1) is 14.8. The van der Waals surface area contributed by atoms with E-state index in [0.29, 0.717) is 10.9 Å². The number of piperazine rings is 1. The van der Waals surface area contributed by atoms with Crippen molar-refractivity contribution in [1.29, 1.82) is 0 Å². The lowest BCUT2D eigenvalue weighted by Crippen LogP contribution is -2.45. The Morgan fingerprint density at radius 1 is 1.26 bits per heavy atom. The summed E-state index contributed by atoms with van der Waals surface area (Å²) in [6.07, 6.45) is 0.329. The van der Waals surface area contributed by atoms with E-state index < -0.39 is 17.7 Å². The van der Waals surface area contributed by atoms with Gasteiger partial charge in [-0.15, -0.1) is 0 Å². The van der Waals surface area contributed by atoms with Crippen LogP contribution < -0.4 is 5.32 Å². The van der Waals surface area contributed by atoms with E-state index in [0.717, 1.165) is 26.2 Å². The van der Waals surface area contributed by atoms with E-state index in [1.165, 1.54) is 12.1 Å². The second-order valence-corrected chi connectivity index (χ2v) is 5.51. The van der Waals surface area contributed by atoms with Crippen molar-refractivity contribution in [3.05, 3.63) is 33.8 Å². The SMILES string of the molecule is OCC[C@H](c1c(F)cc(Br)cc1F)N1CCNCC1. The third-order valence-corrected chi connectivity index (χ3v) is 3.83. The molecule has 1 heterocycles. The number of nitrogens with zero attached hydrogens (tertiary/aromatic N) is 1. The first-order valence-corrected chi connectivity index (χ1v) is 7.13. The highest BCUT2D eigenvalue weighted by Gasteiger charge is 2.27. The molecule has 0 aromatic heterocycles. The smallest absolute Gasteiger partial charge is 0.132 e. The topological polar surface area (TPSA) is 35.5 Å². The molecule has 0 saturated carbocycles. The maximum atomic E-state index is 14.0. The summed E-state index contributed by atoms with van der Waals surface area (Å²) in [5.74, 6) is -1.13. The Morgan fingerprint density at radius 3 is 2.37 bits per heavy atom. The number of nitrogens with one attached hydrogen (secondary N) is 1. The summed E-state index contributed by atoms with van der Waals surface area (Å²) in [4.78, 5) is 2.02. The molecule has 1 aliphatic rings. The summed E-state index contributed by atoms with van der Waals surface area (Å²) in [5, 5.41) is 12.4. The Kier molecular flexibility index (Phi) is 5.27. The molecule has 1 fully saturated rings. The van der Waals surface area contributed by atoms with Crippen molar-refractivity contribution < 1.29 is 13.9 Å². The van der Waals surface area contributed by atoms with Gasteiger partial charge in [0.05, 0.1) is 0 Å². The molecule has 1 saturated heterocycles. The van der Waals surface area contributed by atoms with Crippen molar-refractivity contribution in [2.45, 2.75) is 12.5 Å². The van der Waals surface area contributed by atoms with Crippen LogP contribution in [0.3, 0.4) is 0 Å². The molecule has 0 bridgehead atoms. The molecule has 1 aromatic rings. The van der Waals surface area contributed by atoms with E-state index in [-0.39, 0.29) is 12.2 Å². The van der Waals surface area contributed by atoms with Gasteiger partial charge in [-0.1, -0.05) is 15.9 Å². The molecule has 0 amide bonds. The lowest BCUT2D eigenvalue weighted by Gasteiger charge is -2.35. The van der Waals surface area contributed by atoms with E-state index in [4.69, 9.17) is 5.11 Å². The van der Waals surface area contributed by atoms with E-state index in [2.05, 4.69) is 21.2 Å². The van der Waals surface area contributed by atoms with Gasteiger partial charge in [0.2, 0.25) is 0 Å². The van der Waals surface area contributed by atoms with Gasteiger partial charge in [0, 0.05) is 48.9 Å². The number of aliphatic hydroxyl groups is 1. The Labute approximate surface area is 119 Å². The minimum Gasteiger partial charge on any atom is -0.396 e. The van der Waals surface area contributed by atoms with Crippen LogP contribution in [0.15, 0.2) is 16.6 Å². The molecule has 1 aliphatic heterocycles. The van der Waals surface area contributed by atoms with E-state index in [1.807, 2.05) is 4.90 Å². The van der Waals surface area contributed by atoms with Gasteiger partial charge in [-0.2, -0.15) is 0 Å². The van der Waals surface area contributed by atoms with Gasteiger partial charge >= 0.3 is 0 Å². The minimum atomic E-state index is -0.566. The largest absolute Gasteiger partial charge is 0.396 e. The third kappa shape index (κ3) is 3.51. The second-order valence-electron chi connectivity index (χ2n) is 4.60. The lowest BCUT2D eigenvalue weighted by atomic mass is 10.00. The second kappa shape index (κ2) is 6.74. The number of hydrogen-bond donors (Lipinski definition) is 2. The van der Waals surface area contributed by atoms with E-state index >= 15 is 0 Å². The fraction of sp³-hybridized carbons (Fsp3) is 0.538. The summed E-state index contributed by atoms with van der Waals surface area (Å²) < 4.78 is 28.5. The van der Waals surface area contributed by atoms with E-state index in [1.54, 1.807) is 0 Å². The van der Waals surface area contributed by atoms with Crippen molar-refractivity contribution in [2.24, 2.45) is 0 Å². The van der Waals surface area contributed by atoms with Crippen molar-refractivity contribution in [3.63, 3.8) is 0 Å². The quantitative estimate of drug-likeness (QED) is 0.884. The zero-order valence-corrected chi connectivity index (χ0v) is 12.1. The third-order valence-electron chi connectivity index (χ3n) is 3.37. The number of aliphatic hydroxyl groups excluding tert-OH is 1. The summed E-state index contributed by atoms with van der Waals surface area (Å²) in [6, 6.07) is 2.12. The van der Waals surface area contributed by atoms with Crippen molar-refractivity contribution in [1.82, 2.24) is 10.2 Å². The highest BCUT2D eigenvalue weighted by Crippen LogP contribution is 2.31. The monoisotopic (exact) mass is 334 g/mol. The molecule has 1 atom stereocenters. The number of rotatable bonds is 4. The Bertz CT molecular complexity index is 416. The molecule has 0 spiro atoms. The van der Waals surface area contributed by atoms with Crippen LogP contribution in [0.5, 0.6) is 0 Å². The van der Waals surface area contributed by atoms with Crippen LogP contribution >= 0.6 is 15.9 Å². The predicted octanol–water partition coefficient (Wildman–Crippen LogP) is 2.06. The summed E-state index contributed by atoms with van der Waals surface area (Å²) >= 11 is 3.08. The highest BCUT2D eigenvalue weighted by atomic mass is 79.9. The van der Waals surface area contributed by atoms with Crippen molar-refractivity contribution in [2.75, 3.05) is 32.8 Å². The molecule has 19 heavy (non-hydrogen) atoms. The average Bonchev–Trinajstić information content (AvgIpc) is 2.37. The number of hydrogen-bond acceptors (Lipinski definition) is 3. The average molecular weight is 335 g/mol. The molecule has 2 rings (SSSR count). The Balaban J connectivity index is 2.32. The molecule has 1 aromatic carbocycles. The molecule has 0 radical (unpaired) electrons. The van der Waals surface area contributed by atoms with Gasteiger partial charge in [0.1, 0.15) is 11.6 Å². The fourth-order valence-electron chi connectivity index (χ4n) is 2.50. The van der Waals surface area contributed by atoms with Crippen LogP contribution in [-0.2, 0) is 0 Å². The predicted molar refractivity (Wildman–Crippen MR) is 72.9 cm³/mol. The van der Waals surface area contributed by atoms with Gasteiger partial charge in [0.15, 0.2) is 0 Å². The van der Waals surface area contributed by atoms with Crippen LogP contribution in [0.4, 0.5) is 8.78 Å². The Hall–Kier alpha value is -0.560. The molecule has 0 aliphatic carbocycles. The van der Waals surface area contributed by atoms with Gasteiger partial charge in [-0.3, -0.25) is 4.90 Å². The van der Waals surface area contributed by atoms with Crippen LogP contribution in [0.1, 0.15) is 18.0 Å². The molecule has 0 unspecified atom stereocenters. The van der Waals surface area contributed by atoms with Crippen LogP contribution in [0.25, 0.3) is 0 Å². The minimum absolute atomic E-state index is 0.0548. The number of halogens is 3. The van der Waals surface area contributed by atoms with Gasteiger partial charge < -0.3 is 10.4 Å². The van der Waals surface area contributed by atoms with Crippen molar-refractivity contribution >= 4 is 15.9 Å². The zero-order chi connectivity index (χ0) is 13.8. The first-order valence-electron chi connectivity index (χ1n) is 6.33. The van der Waals surface area contributed by atoms with Crippen molar-refractivity contribution in [3.8, 4) is 0 Å². The van der Waals surface area contributed by atoms with Gasteiger partial charge in [-0.25, -0.2) is 8.78 Å². The van der Waals surface area contributed by atoms with Gasteiger partial charge in [0.25, 0.3) is 0 Å². The Morgan fingerprint density at radius 2 is 1.84 bits per heavy atom. The lowest BCUT2D eigenvalue weighted by molar-refractivity contribution is 0.135. The normalized spacial score (nSPS) is 18.5. The summed E-state index contributed by atoms with van der Waals surface area (Å²) in [5.41, 5.74) is 0.0548. The van der Waals surface area contributed by atoms with Crippen LogP contribution in [0.2, 0.25) is 0 Å². The maximum Gasteiger partial charge on any atom is 0.132 e. The molecule has 2 N–H and O–H groups in total. The molecule has 3 nitrogen and oxygen atoms in total. The van der Waals surface area contributed by atoms with E-state index in [9.17, 15) is 8.78 Å². The first-order chi connectivity index (χ1) is 9.13.